The van der Waals surface area contributed by atoms with Crippen molar-refractivity contribution in [2.75, 3.05) is 38.0 Å². The molecule has 1 aliphatic heterocycles. The summed E-state index contributed by atoms with van der Waals surface area (Å²) in [5.41, 5.74) is 1.12. The lowest BCUT2D eigenvalue weighted by atomic mass is 10.2. The van der Waals surface area contributed by atoms with Crippen molar-refractivity contribution in [2.45, 2.75) is 11.8 Å². The Morgan fingerprint density at radius 1 is 0.962 bits per heavy atom. The molecule has 1 amide bonds. The number of nitrogens with one attached hydrogen (secondary N) is 1. The first-order valence-corrected chi connectivity index (χ1v) is 10.1. The highest BCUT2D eigenvalue weighted by Gasteiger charge is 2.27. The Morgan fingerprint density at radius 2 is 1.58 bits per heavy atom. The van der Waals surface area contributed by atoms with E-state index in [4.69, 9.17) is 0 Å². The summed E-state index contributed by atoms with van der Waals surface area (Å²) in [5.74, 6) is -0.225. The van der Waals surface area contributed by atoms with Crippen LogP contribution < -0.4 is 5.32 Å². The predicted molar refractivity (Wildman–Crippen MR) is 102 cm³/mol. The number of carbonyl (C=O) groups is 1. The van der Waals surface area contributed by atoms with Crippen LogP contribution in [0.3, 0.4) is 0 Å². The molecular formula is C19H23N3O3S. The first-order valence-electron chi connectivity index (χ1n) is 8.69. The zero-order valence-corrected chi connectivity index (χ0v) is 15.6. The van der Waals surface area contributed by atoms with Crippen molar-refractivity contribution in [3.05, 3.63) is 60.2 Å². The number of benzene rings is 2. The van der Waals surface area contributed by atoms with Crippen LogP contribution in [-0.4, -0.2) is 56.3 Å². The zero-order valence-electron chi connectivity index (χ0n) is 14.8. The number of likely N-dealkylation sites (N-methyl/N-ethyl adjacent to an activating group) is 1. The molecule has 2 aromatic rings. The van der Waals surface area contributed by atoms with Crippen molar-refractivity contribution in [1.82, 2.24) is 9.21 Å². The molecule has 0 aliphatic carbocycles. The number of nitrogens with zero attached hydrogens (tertiary/aromatic N) is 2. The number of rotatable bonds is 5. The third-order valence-electron chi connectivity index (χ3n) is 4.56. The average molecular weight is 373 g/mol. The highest BCUT2D eigenvalue weighted by atomic mass is 32.2. The van der Waals surface area contributed by atoms with Crippen LogP contribution in [0.25, 0.3) is 0 Å². The second-order valence-corrected chi connectivity index (χ2v) is 8.12. The van der Waals surface area contributed by atoms with E-state index >= 15 is 0 Å². The van der Waals surface area contributed by atoms with Crippen molar-refractivity contribution in [1.29, 1.82) is 0 Å². The summed E-state index contributed by atoms with van der Waals surface area (Å²) in [6, 6.07) is 15.2. The molecule has 7 heteroatoms. The number of hydrogen-bond donors (Lipinski definition) is 1. The number of piperazine rings is 1. The molecule has 0 saturated carbocycles. The lowest BCUT2D eigenvalue weighted by Crippen LogP contribution is -2.48. The van der Waals surface area contributed by atoms with Crippen molar-refractivity contribution in [2.24, 2.45) is 0 Å². The van der Waals surface area contributed by atoms with Crippen molar-refractivity contribution >= 4 is 21.6 Å². The lowest BCUT2D eigenvalue weighted by Gasteiger charge is -2.33. The molecular weight excluding hydrogens is 350 g/mol. The minimum Gasteiger partial charge on any atom is -0.322 e. The number of anilines is 1. The Balaban J connectivity index is 1.68. The molecule has 0 spiro atoms. The second-order valence-electron chi connectivity index (χ2n) is 6.18. The van der Waals surface area contributed by atoms with E-state index in [-0.39, 0.29) is 10.8 Å². The summed E-state index contributed by atoms with van der Waals surface area (Å²) >= 11 is 0. The highest BCUT2D eigenvalue weighted by molar-refractivity contribution is 7.89. The predicted octanol–water partition coefficient (Wildman–Crippen LogP) is 2.27. The van der Waals surface area contributed by atoms with Crippen LogP contribution in [0.1, 0.15) is 17.3 Å². The van der Waals surface area contributed by atoms with Gasteiger partial charge < -0.3 is 10.2 Å². The standard InChI is InChI=1S/C19H23N3O3S/c1-2-21-12-14-22(15-13-21)26(24,25)18-10-8-17(9-11-18)20-19(23)16-6-4-3-5-7-16/h3-11H,2,12-15H2,1H3,(H,20,23). The topological polar surface area (TPSA) is 69.7 Å². The third-order valence-corrected chi connectivity index (χ3v) is 6.48. The molecule has 138 valence electrons. The van der Waals surface area contributed by atoms with Crippen molar-refractivity contribution < 1.29 is 13.2 Å². The number of carbonyl (C=O) groups excluding carboxylic acids is 1. The van der Waals surface area contributed by atoms with Gasteiger partial charge in [-0.25, -0.2) is 8.42 Å². The molecule has 0 aromatic heterocycles. The largest absolute Gasteiger partial charge is 0.322 e. The molecule has 1 aliphatic rings. The number of sulfonamides is 1. The maximum absolute atomic E-state index is 12.8. The first kappa shape index (κ1) is 18.6. The molecule has 1 N–H and O–H groups in total. The van der Waals surface area contributed by atoms with Crippen LogP contribution in [0.15, 0.2) is 59.5 Å². The van der Waals surface area contributed by atoms with E-state index in [1.165, 1.54) is 4.31 Å². The average Bonchev–Trinajstić information content (AvgIpc) is 2.69. The Labute approximate surface area is 154 Å². The van der Waals surface area contributed by atoms with Gasteiger partial charge in [-0.1, -0.05) is 25.1 Å². The summed E-state index contributed by atoms with van der Waals surface area (Å²) in [4.78, 5) is 14.6. The highest BCUT2D eigenvalue weighted by Crippen LogP contribution is 2.20. The van der Waals surface area contributed by atoms with Crippen LogP contribution in [-0.2, 0) is 10.0 Å². The van der Waals surface area contributed by atoms with Gasteiger partial charge in [0, 0.05) is 37.4 Å². The van der Waals surface area contributed by atoms with Gasteiger partial charge in [-0.05, 0) is 42.9 Å². The van der Waals surface area contributed by atoms with E-state index in [0.29, 0.717) is 24.3 Å². The molecule has 0 radical (unpaired) electrons. The fraction of sp³-hybridized carbons (Fsp3) is 0.316. The SMILES string of the molecule is CCN1CCN(S(=O)(=O)c2ccc(NC(=O)c3ccccc3)cc2)CC1. The maximum atomic E-state index is 12.8. The Kier molecular flexibility index (Phi) is 5.70. The van der Waals surface area contributed by atoms with Gasteiger partial charge in [-0.2, -0.15) is 4.31 Å². The van der Waals surface area contributed by atoms with Gasteiger partial charge in [0.2, 0.25) is 10.0 Å². The van der Waals surface area contributed by atoms with Crippen LogP contribution in [0, 0.1) is 0 Å². The van der Waals surface area contributed by atoms with E-state index in [9.17, 15) is 13.2 Å². The van der Waals surface area contributed by atoms with E-state index in [0.717, 1.165) is 19.6 Å². The van der Waals surface area contributed by atoms with Gasteiger partial charge in [-0.3, -0.25) is 4.79 Å². The Bertz CT molecular complexity index is 843. The first-order chi connectivity index (χ1) is 12.5. The minimum absolute atomic E-state index is 0.225. The second kappa shape index (κ2) is 7.99. The Morgan fingerprint density at radius 3 is 2.15 bits per heavy atom. The van der Waals surface area contributed by atoms with Gasteiger partial charge in [0.15, 0.2) is 0 Å². The van der Waals surface area contributed by atoms with Crippen molar-refractivity contribution in [3.8, 4) is 0 Å². The summed E-state index contributed by atoms with van der Waals surface area (Å²) in [7, 11) is -3.50. The fourth-order valence-electron chi connectivity index (χ4n) is 2.94. The van der Waals surface area contributed by atoms with Gasteiger partial charge >= 0.3 is 0 Å². The normalized spacial score (nSPS) is 16.3. The van der Waals surface area contributed by atoms with E-state index < -0.39 is 10.0 Å². The number of amides is 1. The van der Waals surface area contributed by atoms with Gasteiger partial charge in [-0.15, -0.1) is 0 Å². The Hall–Kier alpha value is -2.22. The summed E-state index contributed by atoms with van der Waals surface area (Å²) < 4.78 is 27.0. The molecule has 0 bridgehead atoms. The molecule has 3 rings (SSSR count). The fourth-order valence-corrected chi connectivity index (χ4v) is 4.36. The molecule has 1 fully saturated rings. The lowest BCUT2D eigenvalue weighted by molar-refractivity contribution is 0.102. The number of hydrogen-bond acceptors (Lipinski definition) is 4. The van der Waals surface area contributed by atoms with Crippen LogP contribution in [0.5, 0.6) is 0 Å². The summed E-state index contributed by atoms with van der Waals surface area (Å²) in [6.45, 7) is 5.52. The van der Waals surface area contributed by atoms with Gasteiger partial charge in [0.05, 0.1) is 4.90 Å². The van der Waals surface area contributed by atoms with Crippen molar-refractivity contribution in [3.63, 3.8) is 0 Å². The monoisotopic (exact) mass is 373 g/mol. The van der Waals surface area contributed by atoms with Crippen LogP contribution in [0.4, 0.5) is 5.69 Å². The van der Waals surface area contributed by atoms with E-state index in [2.05, 4.69) is 17.1 Å². The van der Waals surface area contributed by atoms with Crippen LogP contribution in [0.2, 0.25) is 0 Å². The third kappa shape index (κ3) is 4.12. The quantitative estimate of drug-likeness (QED) is 0.873. The molecule has 6 nitrogen and oxygen atoms in total. The van der Waals surface area contributed by atoms with E-state index in [1.54, 1.807) is 48.5 Å². The molecule has 1 saturated heterocycles. The molecule has 1 heterocycles. The minimum atomic E-state index is -3.50. The molecule has 2 aromatic carbocycles. The molecule has 0 atom stereocenters. The summed E-state index contributed by atoms with van der Waals surface area (Å²) in [5, 5.41) is 2.78. The molecule has 26 heavy (non-hydrogen) atoms. The molecule has 0 unspecified atom stereocenters. The maximum Gasteiger partial charge on any atom is 0.255 e. The zero-order chi connectivity index (χ0) is 18.6. The smallest absolute Gasteiger partial charge is 0.255 e. The van der Waals surface area contributed by atoms with Gasteiger partial charge in [0.1, 0.15) is 0 Å². The van der Waals surface area contributed by atoms with Crippen LogP contribution >= 0.6 is 0 Å². The van der Waals surface area contributed by atoms with E-state index in [1.807, 2.05) is 6.07 Å². The summed E-state index contributed by atoms with van der Waals surface area (Å²) in [6.07, 6.45) is 0. The van der Waals surface area contributed by atoms with Gasteiger partial charge in [0.25, 0.3) is 5.91 Å².